The van der Waals surface area contributed by atoms with Crippen LogP contribution >= 0.6 is 11.6 Å². The third-order valence-corrected chi connectivity index (χ3v) is 2.44. The second kappa shape index (κ2) is 3.75. The second-order valence-electron chi connectivity index (χ2n) is 2.98. The lowest BCUT2D eigenvalue weighted by Gasteiger charge is -2.09. The Kier molecular flexibility index (Phi) is 2.46. The quantitative estimate of drug-likeness (QED) is 0.647. The van der Waals surface area contributed by atoms with Gasteiger partial charge in [-0.05, 0) is 29.7 Å². The summed E-state index contributed by atoms with van der Waals surface area (Å²) in [6.07, 6.45) is 4.87. The lowest BCUT2D eigenvalue weighted by Crippen LogP contribution is -1.94. The fourth-order valence-corrected chi connectivity index (χ4v) is 1.69. The molecule has 0 aromatic heterocycles. The van der Waals surface area contributed by atoms with E-state index in [0.29, 0.717) is 0 Å². The number of allylic oxidation sites excluding steroid dienone is 1. The van der Waals surface area contributed by atoms with Gasteiger partial charge < -0.3 is 0 Å². The standard InChI is InChI=1S/C11H10ClN/c12-11-4-2-1-3-10(11)9-5-7-13-8-6-9/h1-5,7H,6,8H2. The molecule has 13 heavy (non-hydrogen) atoms. The van der Waals surface area contributed by atoms with Crippen molar-refractivity contribution in [2.45, 2.75) is 6.42 Å². The van der Waals surface area contributed by atoms with Gasteiger partial charge in [-0.2, -0.15) is 0 Å². The van der Waals surface area contributed by atoms with Gasteiger partial charge in [0.1, 0.15) is 0 Å². The first-order valence-corrected chi connectivity index (χ1v) is 4.69. The van der Waals surface area contributed by atoms with Crippen LogP contribution in [0.5, 0.6) is 0 Å². The number of hydrogen-bond donors (Lipinski definition) is 0. The Hall–Kier alpha value is -1.08. The number of dihydropyridines is 1. The number of rotatable bonds is 1. The number of hydrogen-bond acceptors (Lipinski definition) is 1. The average Bonchev–Trinajstić information content (AvgIpc) is 2.20. The summed E-state index contributed by atoms with van der Waals surface area (Å²) in [4.78, 5) is 4.14. The molecule has 2 rings (SSSR count). The fraction of sp³-hybridized carbons (Fsp3) is 0.182. The highest BCUT2D eigenvalue weighted by Crippen LogP contribution is 2.26. The number of nitrogens with zero attached hydrogens (tertiary/aromatic N) is 1. The molecule has 2 heteroatoms. The summed E-state index contributed by atoms with van der Waals surface area (Å²) in [5.41, 5.74) is 2.41. The van der Waals surface area contributed by atoms with Crippen LogP contribution in [0.2, 0.25) is 5.02 Å². The van der Waals surface area contributed by atoms with E-state index in [9.17, 15) is 0 Å². The number of halogens is 1. The van der Waals surface area contributed by atoms with Gasteiger partial charge in [0, 0.05) is 17.8 Å². The van der Waals surface area contributed by atoms with Crippen molar-refractivity contribution in [3.63, 3.8) is 0 Å². The molecule has 0 amide bonds. The first kappa shape index (κ1) is 8.52. The highest BCUT2D eigenvalue weighted by atomic mass is 35.5. The van der Waals surface area contributed by atoms with Crippen molar-refractivity contribution in [2.24, 2.45) is 4.99 Å². The maximum Gasteiger partial charge on any atom is 0.0481 e. The zero-order valence-electron chi connectivity index (χ0n) is 7.20. The van der Waals surface area contributed by atoms with Crippen molar-refractivity contribution in [1.82, 2.24) is 0 Å². The third-order valence-electron chi connectivity index (χ3n) is 2.11. The summed E-state index contributed by atoms with van der Waals surface area (Å²) in [6.45, 7) is 0.872. The Morgan fingerprint density at radius 2 is 2.08 bits per heavy atom. The molecular weight excluding hydrogens is 182 g/mol. The van der Waals surface area contributed by atoms with Crippen molar-refractivity contribution >= 4 is 23.4 Å². The molecule has 1 aliphatic heterocycles. The van der Waals surface area contributed by atoms with Crippen LogP contribution in [-0.4, -0.2) is 12.8 Å². The maximum absolute atomic E-state index is 6.07. The van der Waals surface area contributed by atoms with Crippen LogP contribution in [0.4, 0.5) is 0 Å². The molecule has 1 heterocycles. The molecule has 0 saturated heterocycles. The van der Waals surface area contributed by atoms with E-state index >= 15 is 0 Å². The molecule has 0 unspecified atom stereocenters. The van der Waals surface area contributed by atoms with E-state index < -0.39 is 0 Å². The first-order chi connectivity index (χ1) is 6.38. The predicted molar refractivity (Wildman–Crippen MR) is 57.4 cm³/mol. The minimum absolute atomic E-state index is 0.823. The van der Waals surface area contributed by atoms with Gasteiger partial charge in [-0.25, -0.2) is 0 Å². The highest BCUT2D eigenvalue weighted by Gasteiger charge is 2.06. The topological polar surface area (TPSA) is 12.4 Å². The van der Waals surface area contributed by atoms with Crippen LogP contribution in [0.15, 0.2) is 35.3 Å². The summed E-state index contributed by atoms with van der Waals surface area (Å²) in [5, 5.41) is 0.823. The molecule has 0 radical (unpaired) electrons. The molecule has 0 aliphatic carbocycles. The normalized spacial score (nSPS) is 15.6. The van der Waals surface area contributed by atoms with E-state index in [1.54, 1.807) is 0 Å². The molecule has 1 aromatic rings. The van der Waals surface area contributed by atoms with Crippen molar-refractivity contribution in [2.75, 3.05) is 6.54 Å². The van der Waals surface area contributed by atoms with Gasteiger partial charge in [0.25, 0.3) is 0 Å². The zero-order valence-corrected chi connectivity index (χ0v) is 7.96. The predicted octanol–water partition coefficient (Wildman–Crippen LogP) is 3.20. The van der Waals surface area contributed by atoms with Crippen LogP contribution in [0.1, 0.15) is 12.0 Å². The minimum Gasteiger partial charge on any atom is -0.293 e. The van der Waals surface area contributed by atoms with Crippen molar-refractivity contribution in [3.8, 4) is 0 Å². The van der Waals surface area contributed by atoms with Gasteiger partial charge >= 0.3 is 0 Å². The van der Waals surface area contributed by atoms with Gasteiger partial charge in [0.05, 0.1) is 0 Å². The van der Waals surface area contributed by atoms with Crippen LogP contribution in [-0.2, 0) is 0 Å². The summed E-state index contributed by atoms with van der Waals surface area (Å²) in [5.74, 6) is 0. The summed E-state index contributed by atoms with van der Waals surface area (Å²) < 4.78 is 0. The summed E-state index contributed by atoms with van der Waals surface area (Å²) >= 11 is 6.07. The van der Waals surface area contributed by atoms with Crippen LogP contribution < -0.4 is 0 Å². The van der Waals surface area contributed by atoms with Gasteiger partial charge in [-0.3, -0.25) is 4.99 Å². The van der Waals surface area contributed by atoms with E-state index in [2.05, 4.69) is 4.99 Å². The van der Waals surface area contributed by atoms with Crippen LogP contribution in [0.25, 0.3) is 5.57 Å². The maximum atomic E-state index is 6.07. The Morgan fingerprint density at radius 1 is 1.23 bits per heavy atom. The first-order valence-electron chi connectivity index (χ1n) is 4.32. The molecule has 1 nitrogen and oxygen atoms in total. The Labute approximate surface area is 82.8 Å². The molecule has 1 aliphatic rings. The fourth-order valence-electron chi connectivity index (χ4n) is 1.43. The molecule has 1 aromatic carbocycles. The van der Waals surface area contributed by atoms with E-state index in [4.69, 9.17) is 11.6 Å². The third kappa shape index (κ3) is 1.81. The monoisotopic (exact) mass is 191 g/mol. The number of aliphatic imine (C=N–C) groups is 1. The molecule has 0 spiro atoms. The summed E-state index contributed by atoms with van der Waals surface area (Å²) in [6, 6.07) is 7.92. The highest BCUT2D eigenvalue weighted by molar-refractivity contribution is 6.32. The minimum atomic E-state index is 0.823. The zero-order chi connectivity index (χ0) is 9.10. The van der Waals surface area contributed by atoms with E-state index in [1.807, 2.05) is 36.6 Å². The largest absolute Gasteiger partial charge is 0.293 e. The van der Waals surface area contributed by atoms with Gasteiger partial charge in [0.2, 0.25) is 0 Å². The van der Waals surface area contributed by atoms with E-state index in [0.717, 1.165) is 23.6 Å². The lowest BCUT2D eigenvalue weighted by atomic mass is 10.0. The molecular formula is C11H10ClN. The smallest absolute Gasteiger partial charge is 0.0481 e. The molecule has 0 atom stereocenters. The molecule has 0 saturated carbocycles. The molecule has 0 N–H and O–H groups in total. The van der Waals surface area contributed by atoms with E-state index in [-0.39, 0.29) is 0 Å². The van der Waals surface area contributed by atoms with Gasteiger partial charge in [0.15, 0.2) is 0 Å². The molecule has 66 valence electrons. The van der Waals surface area contributed by atoms with Crippen molar-refractivity contribution in [1.29, 1.82) is 0 Å². The van der Waals surface area contributed by atoms with Crippen LogP contribution in [0, 0.1) is 0 Å². The molecule has 0 fully saturated rings. The Morgan fingerprint density at radius 3 is 2.77 bits per heavy atom. The van der Waals surface area contributed by atoms with Crippen molar-refractivity contribution < 1.29 is 0 Å². The van der Waals surface area contributed by atoms with Gasteiger partial charge in [-0.1, -0.05) is 29.8 Å². The average molecular weight is 192 g/mol. The SMILES string of the molecule is Clc1ccccc1C1=CC=NCC1. The Bertz CT molecular complexity index is 366. The molecule has 0 bridgehead atoms. The van der Waals surface area contributed by atoms with Crippen molar-refractivity contribution in [3.05, 3.63) is 40.9 Å². The number of benzene rings is 1. The van der Waals surface area contributed by atoms with Gasteiger partial charge in [-0.15, -0.1) is 0 Å². The van der Waals surface area contributed by atoms with E-state index in [1.165, 1.54) is 5.57 Å². The van der Waals surface area contributed by atoms with Crippen LogP contribution in [0.3, 0.4) is 0 Å². The lowest BCUT2D eigenvalue weighted by molar-refractivity contribution is 1.02. The second-order valence-corrected chi connectivity index (χ2v) is 3.38. The summed E-state index contributed by atoms with van der Waals surface area (Å²) in [7, 11) is 0. The Balaban J connectivity index is 2.40.